The lowest BCUT2D eigenvalue weighted by Crippen LogP contribution is -2.68. The summed E-state index contributed by atoms with van der Waals surface area (Å²) < 4.78 is 23.8. The molecule has 0 saturated carbocycles. The van der Waals surface area contributed by atoms with Gasteiger partial charge in [0.1, 0.15) is 11.8 Å². The van der Waals surface area contributed by atoms with Crippen LogP contribution in [0.3, 0.4) is 0 Å². The minimum atomic E-state index is -0.625. The Labute approximate surface area is 266 Å². The van der Waals surface area contributed by atoms with Crippen LogP contribution in [0.1, 0.15) is 66.2 Å². The summed E-state index contributed by atoms with van der Waals surface area (Å²) in [6, 6.07) is 9.36. The van der Waals surface area contributed by atoms with Crippen LogP contribution in [0.5, 0.6) is 28.7 Å². The van der Waals surface area contributed by atoms with Crippen molar-refractivity contribution in [3.05, 3.63) is 74.8 Å². The first kappa shape index (κ1) is 28.7. The van der Waals surface area contributed by atoms with Crippen molar-refractivity contribution in [2.45, 2.75) is 56.9 Å². The normalized spacial score (nSPS) is 25.8. The van der Waals surface area contributed by atoms with Gasteiger partial charge in [0.15, 0.2) is 23.0 Å². The molecule has 2 bridgehead atoms. The predicted molar refractivity (Wildman–Crippen MR) is 165 cm³/mol. The molecule has 3 aromatic carbocycles. The fourth-order valence-electron chi connectivity index (χ4n) is 8.86. The van der Waals surface area contributed by atoms with Crippen LogP contribution in [0.4, 0.5) is 0 Å². The van der Waals surface area contributed by atoms with Gasteiger partial charge in [-0.15, -0.1) is 0 Å². The number of ether oxygens (including phenoxy) is 4. The molecule has 0 aliphatic carbocycles. The Morgan fingerprint density at radius 3 is 2.30 bits per heavy atom. The first-order chi connectivity index (χ1) is 22.2. The molecule has 236 valence electrons. The SMILES string of the molecule is COc1c(C)cc2c(c1O)[C@H]1[C@@H]3Cc4c(OC)c(C)c5c(c4[C@H](CN4C(=O)c6ccccc6C4=O)N3[C@@H](C#N)[C@H](C2)N1C)OCO5. The number of hydrogen-bond donors (Lipinski definition) is 1. The Morgan fingerprint density at radius 1 is 0.978 bits per heavy atom. The lowest BCUT2D eigenvalue weighted by molar-refractivity contribution is -0.0758. The summed E-state index contributed by atoms with van der Waals surface area (Å²) in [4.78, 5) is 33.2. The van der Waals surface area contributed by atoms with Gasteiger partial charge in [0.25, 0.3) is 11.8 Å². The Kier molecular flexibility index (Phi) is 6.30. The molecule has 5 heterocycles. The van der Waals surface area contributed by atoms with Crippen molar-refractivity contribution in [1.82, 2.24) is 14.7 Å². The average Bonchev–Trinajstić information content (AvgIpc) is 3.62. The van der Waals surface area contributed by atoms with Crippen LogP contribution in [0, 0.1) is 25.2 Å². The van der Waals surface area contributed by atoms with Crippen molar-refractivity contribution < 1.29 is 33.6 Å². The Balaban J connectivity index is 1.36. The molecule has 5 aliphatic rings. The zero-order valence-electron chi connectivity index (χ0n) is 26.3. The average molecular weight is 623 g/mol. The van der Waals surface area contributed by atoms with Crippen LogP contribution in [-0.2, 0) is 12.8 Å². The van der Waals surface area contributed by atoms with Gasteiger partial charge in [-0.2, -0.15) is 5.26 Å². The summed E-state index contributed by atoms with van der Waals surface area (Å²) in [5.41, 5.74) is 5.74. The van der Waals surface area contributed by atoms with Crippen molar-refractivity contribution in [2.75, 3.05) is 34.6 Å². The third-order valence-corrected chi connectivity index (χ3v) is 10.7. The maximum absolute atomic E-state index is 13.8. The highest BCUT2D eigenvalue weighted by Gasteiger charge is 2.57. The molecule has 1 saturated heterocycles. The summed E-state index contributed by atoms with van der Waals surface area (Å²) in [6.45, 7) is 3.85. The van der Waals surface area contributed by atoms with E-state index in [1.807, 2.05) is 20.9 Å². The topological polar surface area (TPSA) is 125 Å². The van der Waals surface area contributed by atoms with Crippen molar-refractivity contribution in [1.29, 1.82) is 5.26 Å². The number of phenols is 1. The summed E-state index contributed by atoms with van der Waals surface area (Å²) >= 11 is 0. The van der Waals surface area contributed by atoms with Gasteiger partial charge in [-0.05, 0) is 57.0 Å². The number of hydrogen-bond acceptors (Lipinski definition) is 10. The molecular weight excluding hydrogens is 588 g/mol. The van der Waals surface area contributed by atoms with Gasteiger partial charge in [-0.1, -0.05) is 18.2 Å². The molecule has 1 N–H and O–H groups in total. The van der Waals surface area contributed by atoms with Gasteiger partial charge in [0, 0.05) is 40.9 Å². The second-order valence-corrected chi connectivity index (χ2v) is 12.7. The first-order valence-electron chi connectivity index (χ1n) is 15.4. The van der Waals surface area contributed by atoms with E-state index in [2.05, 4.69) is 21.9 Å². The molecule has 11 nitrogen and oxygen atoms in total. The number of benzene rings is 3. The summed E-state index contributed by atoms with van der Waals surface area (Å²) in [5.74, 6) is 1.54. The number of imide groups is 1. The fourth-order valence-corrected chi connectivity index (χ4v) is 8.86. The number of amides is 2. The number of nitrogens with zero attached hydrogens (tertiary/aromatic N) is 4. The zero-order valence-corrected chi connectivity index (χ0v) is 26.3. The number of carbonyl (C=O) groups is 2. The number of nitriles is 1. The molecule has 0 aromatic heterocycles. The number of carbonyl (C=O) groups excluding carboxylic acids is 2. The third-order valence-electron chi connectivity index (χ3n) is 10.7. The van der Waals surface area contributed by atoms with Crippen LogP contribution < -0.4 is 18.9 Å². The summed E-state index contributed by atoms with van der Waals surface area (Å²) in [5, 5.41) is 22.6. The van der Waals surface area contributed by atoms with Gasteiger partial charge in [0.05, 0.1) is 43.5 Å². The molecule has 1 fully saturated rings. The lowest BCUT2D eigenvalue weighted by atomic mass is 9.71. The lowest BCUT2D eigenvalue weighted by Gasteiger charge is -2.60. The van der Waals surface area contributed by atoms with Crippen molar-refractivity contribution in [2.24, 2.45) is 0 Å². The van der Waals surface area contributed by atoms with Crippen molar-refractivity contribution >= 4 is 11.8 Å². The second-order valence-electron chi connectivity index (χ2n) is 12.7. The molecule has 5 aliphatic heterocycles. The first-order valence-corrected chi connectivity index (χ1v) is 15.4. The smallest absolute Gasteiger partial charge is 0.261 e. The number of piperazine rings is 1. The molecule has 8 rings (SSSR count). The Hall–Kier alpha value is -4.79. The standard InChI is InChI=1S/C35H34N4O7/c1-16-10-18-11-22-24(13-36)39-23(28(37(22)3)26(18)29(40)30(16)43-4)12-21-27(33-32(45-15-46-33)17(2)31(21)44-5)25(39)14-38-34(41)19-8-6-7-9-20(19)35(38)42/h6-10,22-25,28,40H,11-12,14-15H2,1-5H3/t22-,23-,24-,25-,28+/m0/s1. The fraction of sp³-hybridized carbons (Fsp3) is 0.400. The Bertz CT molecular complexity index is 1870. The van der Waals surface area contributed by atoms with Crippen LogP contribution in [0.2, 0.25) is 0 Å². The van der Waals surface area contributed by atoms with E-state index in [4.69, 9.17) is 18.9 Å². The van der Waals surface area contributed by atoms with E-state index >= 15 is 0 Å². The highest BCUT2D eigenvalue weighted by molar-refractivity contribution is 6.21. The number of phenolic OH excluding ortho intramolecular Hbond substituents is 1. The minimum absolute atomic E-state index is 0.00471. The Morgan fingerprint density at radius 2 is 1.65 bits per heavy atom. The van der Waals surface area contributed by atoms with Crippen LogP contribution in [0.15, 0.2) is 30.3 Å². The summed E-state index contributed by atoms with van der Waals surface area (Å²) in [7, 11) is 5.17. The third kappa shape index (κ3) is 3.59. The van der Waals surface area contributed by atoms with E-state index in [0.29, 0.717) is 47.0 Å². The van der Waals surface area contributed by atoms with E-state index < -0.39 is 12.1 Å². The number of likely N-dealkylation sites (N-methyl/N-ethyl adjacent to an activating group) is 1. The van der Waals surface area contributed by atoms with Gasteiger partial charge in [-0.3, -0.25) is 24.3 Å². The molecule has 46 heavy (non-hydrogen) atoms. The maximum Gasteiger partial charge on any atom is 0.261 e. The predicted octanol–water partition coefficient (Wildman–Crippen LogP) is 3.82. The van der Waals surface area contributed by atoms with Crippen LogP contribution >= 0.6 is 0 Å². The molecule has 3 aromatic rings. The second kappa shape index (κ2) is 10.1. The van der Waals surface area contributed by atoms with E-state index in [1.165, 1.54) is 4.90 Å². The molecule has 2 amide bonds. The van der Waals surface area contributed by atoms with Gasteiger partial charge in [-0.25, -0.2) is 0 Å². The van der Waals surface area contributed by atoms with Crippen LogP contribution in [0.25, 0.3) is 0 Å². The van der Waals surface area contributed by atoms with Crippen LogP contribution in [-0.4, -0.2) is 84.4 Å². The minimum Gasteiger partial charge on any atom is -0.504 e. The van der Waals surface area contributed by atoms with Gasteiger partial charge >= 0.3 is 0 Å². The largest absolute Gasteiger partial charge is 0.504 e. The number of aromatic hydroxyl groups is 1. The monoisotopic (exact) mass is 622 g/mol. The number of methoxy groups -OCH3 is 2. The maximum atomic E-state index is 13.8. The number of aryl methyl sites for hydroxylation is 1. The molecular formula is C35H34N4O7. The van der Waals surface area contributed by atoms with Crippen molar-refractivity contribution in [3.8, 4) is 34.8 Å². The van der Waals surface area contributed by atoms with E-state index in [1.54, 1.807) is 38.5 Å². The number of rotatable bonds is 4. The van der Waals surface area contributed by atoms with Crippen molar-refractivity contribution in [3.63, 3.8) is 0 Å². The highest BCUT2D eigenvalue weighted by Crippen LogP contribution is 2.58. The van der Waals surface area contributed by atoms with Gasteiger partial charge < -0.3 is 24.1 Å². The van der Waals surface area contributed by atoms with Gasteiger partial charge in [0.2, 0.25) is 6.79 Å². The summed E-state index contributed by atoms with van der Waals surface area (Å²) in [6.07, 6.45) is 0.993. The highest BCUT2D eigenvalue weighted by atomic mass is 16.7. The van der Waals surface area contributed by atoms with E-state index in [-0.39, 0.29) is 49.0 Å². The molecule has 0 radical (unpaired) electrons. The molecule has 5 atom stereocenters. The quantitative estimate of drug-likeness (QED) is 0.430. The molecule has 0 unspecified atom stereocenters. The molecule has 11 heteroatoms. The zero-order chi connectivity index (χ0) is 32.2. The number of fused-ring (bicyclic) bond motifs is 10. The van der Waals surface area contributed by atoms with E-state index in [9.17, 15) is 20.0 Å². The van der Waals surface area contributed by atoms with E-state index in [0.717, 1.165) is 33.4 Å². The molecule has 0 spiro atoms.